The van der Waals surface area contributed by atoms with Crippen LogP contribution in [-0.2, 0) is 6.54 Å². The number of H-pyrrole nitrogens is 1. The molecule has 3 aromatic rings. The summed E-state index contributed by atoms with van der Waals surface area (Å²) in [7, 11) is 0. The van der Waals surface area contributed by atoms with E-state index in [2.05, 4.69) is 32.0 Å². The van der Waals surface area contributed by atoms with Crippen LogP contribution in [-0.4, -0.2) is 46.4 Å². The third-order valence-electron chi connectivity index (χ3n) is 5.83. The van der Waals surface area contributed by atoms with Gasteiger partial charge < -0.3 is 5.32 Å². The summed E-state index contributed by atoms with van der Waals surface area (Å²) in [5.74, 6) is -0.315. The lowest BCUT2D eigenvalue weighted by Crippen LogP contribution is -2.47. The van der Waals surface area contributed by atoms with Gasteiger partial charge in [-0.25, -0.2) is 4.39 Å². The Morgan fingerprint density at radius 3 is 3.03 bits per heavy atom. The van der Waals surface area contributed by atoms with Crippen molar-refractivity contribution < 1.29 is 9.18 Å². The number of carbonyl (C=O) groups is 1. The van der Waals surface area contributed by atoms with Crippen LogP contribution in [0.2, 0.25) is 0 Å². The maximum atomic E-state index is 14.0. The summed E-state index contributed by atoms with van der Waals surface area (Å²) in [6, 6.07) is 12.3. The number of piperidine rings is 1. The number of allylic oxidation sites excluding steroid dienone is 2. The number of nitrogens with one attached hydrogen (secondary N) is 2. The van der Waals surface area contributed by atoms with E-state index >= 15 is 0 Å². The van der Waals surface area contributed by atoms with E-state index < -0.39 is 0 Å². The quantitative estimate of drug-likeness (QED) is 0.408. The van der Waals surface area contributed by atoms with E-state index in [1.54, 1.807) is 30.6 Å². The smallest absolute Gasteiger partial charge is 0.251 e. The Morgan fingerprint density at radius 2 is 2.21 bits per heavy atom. The fourth-order valence-electron chi connectivity index (χ4n) is 4.15. The highest BCUT2D eigenvalue weighted by molar-refractivity contribution is 6.01. The lowest BCUT2D eigenvalue weighted by Gasteiger charge is -2.33. The van der Waals surface area contributed by atoms with Crippen LogP contribution in [0, 0.1) is 5.82 Å². The van der Waals surface area contributed by atoms with E-state index in [9.17, 15) is 9.18 Å². The number of fused-ring (bicyclic) bond motifs is 1. The highest BCUT2D eigenvalue weighted by Gasteiger charge is 2.23. The Morgan fingerprint density at radius 1 is 1.36 bits per heavy atom. The average molecular weight is 446 g/mol. The van der Waals surface area contributed by atoms with Crippen molar-refractivity contribution in [1.82, 2.24) is 20.4 Å². The molecule has 1 unspecified atom stereocenters. The molecule has 1 amide bonds. The molecular formula is C26H28FN5O. The first-order valence-electron chi connectivity index (χ1n) is 11.1. The molecule has 1 atom stereocenters. The number of nitrogens with zero attached hydrogens (tertiary/aromatic N) is 3. The summed E-state index contributed by atoms with van der Waals surface area (Å²) in [6.07, 6.45) is 7.00. The maximum Gasteiger partial charge on any atom is 0.251 e. The number of hydrogen-bond donors (Lipinski definition) is 2. The molecule has 0 aliphatic carbocycles. The van der Waals surface area contributed by atoms with Gasteiger partial charge in [0.1, 0.15) is 5.82 Å². The van der Waals surface area contributed by atoms with E-state index in [-0.39, 0.29) is 17.8 Å². The van der Waals surface area contributed by atoms with Gasteiger partial charge in [-0.1, -0.05) is 24.8 Å². The number of likely N-dealkylation sites (tertiary alicyclic amines) is 1. The van der Waals surface area contributed by atoms with E-state index in [0.717, 1.165) is 30.3 Å². The topological polar surface area (TPSA) is 73.4 Å². The molecule has 1 aliphatic heterocycles. The predicted octanol–water partition coefficient (Wildman–Crippen LogP) is 4.71. The van der Waals surface area contributed by atoms with E-state index in [1.807, 2.05) is 31.2 Å². The van der Waals surface area contributed by atoms with Crippen LogP contribution in [0.15, 0.2) is 66.3 Å². The van der Waals surface area contributed by atoms with Crippen molar-refractivity contribution in [1.29, 1.82) is 0 Å². The van der Waals surface area contributed by atoms with Gasteiger partial charge in [-0.15, -0.1) is 0 Å². The summed E-state index contributed by atoms with van der Waals surface area (Å²) >= 11 is 0. The second kappa shape index (κ2) is 10.4. The van der Waals surface area contributed by atoms with Crippen LogP contribution in [0.4, 0.5) is 4.39 Å². The number of amides is 1. The third kappa shape index (κ3) is 5.43. The summed E-state index contributed by atoms with van der Waals surface area (Å²) in [5.41, 5.74) is 3.49. The minimum Gasteiger partial charge on any atom is -0.348 e. The molecule has 170 valence electrons. The van der Waals surface area contributed by atoms with Gasteiger partial charge in [0, 0.05) is 48.1 Å². The van der Waals surface area contributed by atoms with Crippen LogP contribution >= 0.6 is 0 Å². The van der Waals surface area contributed by atoms with Gasteiger partial charge in [0.2, 0.25) is 0 Å². The zero-order valence-electron chi connectivity index (χ0n) is 18.7. The Balaban J connectivity index is 1.44. The van der Waals surface area contributed by atoms with Crippen LogP contribution < -0.4 is 5.32 Å². The number of rotatable bonds is 7. The van der Waals surface area contributed by atoms with Gasteiger partial charge in [-0.2, -0.15) is 5.10 Å². The zero-order valence-corrected chi connectivity index (χ0v) is 18.7. The number of carbonyl (C=O) groups excluding carboxylic acids is 1. The fraction of sp³-hybridized carbons (Fsp3) is 0.269. The lowest BCUT2D eigenvalue weighted by molar-refractivity contribution is 0.0900. The van der Waals surface area contributed by atoms with Gasteiger partial charge in [-0.05, 0) is 62.2 Å². The average Bonchev–Trinajstić information content (AvgIpc) is 3.24. The Hall–Kier alpha value is -3.58. The third-order valence-corrected chi connectivity index (χ3v) is 5.83. The fourth-order valence-corrected chi connectivity index (χ4v) is 4.15. The predicted molar refractivity (Wildman–Crippen MR) is 131 cm³/mol. The van der Waals surface area contributed by atoms with Crippen molar-refractivity contribution >= 4 is 28.6 Å². The summed E-state index contributed by atoms with van der Waals surface area (Å²) in [6.45, 7) is 8.03. The summed E-state index contributed by atoms with van der Waals surface area (Å²) in [5, 5.41) is 11.3. The minimum absolute atomic E-state index is 0.0161. The van der Waals surface area contributed by atoms with Gasteiger partial charge in [0.15, 0.2) is 0 Å². The van der Waals surface area contributed by atoms with Crippen molar-refractivity contribution in [2.45, 2.75) is 32.4 Å². The Labute approximate surface area is 192 Å². The first kappa shape index (κ1) is 22.6. The normalized spacial score (nSPS) is 17.2. The van der Waals surface area contributed by atoms with Gasteiger partial charge in [0.05, 0.1) is 11.2 Å². The van der Waals surface area contributed by atoms with Gasteiger partial charge in [0.25, 0.3) is 5.91 Å². The molecule has 1 aliphatic rings. The van der Waals surface area contributed by atoms with Gasteiger partial charge in [-0.3, -0.25) is 19.8 Å². The molecule has 0 spiro atoms. The van der Waals surface area contributed by atoms with Gasteiger partial charge >= 0.3 is 0 Å². The van der Waals surface area contributed by atoms with Crippen molar-refractivity contribution in [3.8, 4) is 0 Å². The number of hydrogen-bond acceptors (Lipinski definition) is 4. The molecule has 2 N–H and O–H groups in total. The molecule has 2 heterocycles. The minimum atomic E-state index is -0.189. The summed E-state index contributed by atoms with van der Waals surface area (Å²) in [4.78, 5) is 19.3. The molecular weight excluding hydrogens is 417 g/mol. The molecule has 0 bridgehead atoms. The molecule has 2 aromatic carbocycles. The lowest BCUT2D eigenvalue weighted by atomic mass is 10.0. The molecule has 6 nitrogen and oxygen atoms in total. The van der Waals surface area contributed by atoms with Crippen LogP contribution in [0.25, 0.3) is 16.5 Å². The molecule has 1 aromatic heterocycles. The number of aromatic nitrogens is 2. The number of aliphatic imine (C=N–C) groups is 1. The second-order valence-electron chi connectivity index (χ2n) is 8.22. The maximum absolute atomic E-state index is 14.0. The molecule has 0 saturated carbocycles. The molecule has 1 fully saturated rings. The van der Waals surface area contributed by atoms with Crippen molar-refractivity contribution in [3.63, 3.8) is 0 Å². The molecule has 1 saturated heterocycles. The largest absolute Gasteiger partial charge is 0.348 e. The molecule has 33 heavy (non-hydrogen) atoms. The number of halogens is 1. The zero-order chi connectivity index (χ0) is 23.2. The second-order valence-corrected chi connectivity index (χ2v) is 8.22. The first-order chi connectivity index (χ1) is 16.0. The number of aromatic amines is 1. The highest BCUT2D eigenvalue weighted by atomic mass is 19.1. The van der Waals surface area contributed by atoms with E-state index in [4.69, 9.17) is 0 Å². The number of benzene rings is 2. The van der Waals surface area contributed by atoms with Crippen molar-refractivity contribution in [2.24, 2.45) is 4.99 Å². The van der Waals surface area contributed by atoms with E-state index in [0.29, 0.717) is 35.5 Å². The SMILES string of the molecule is C=C(/C=C\N=CC)c1n[nH]c2ccc(C(=O)NC3CCCN(Cc4ccccc4F)C3)cc12. The van der Waals surface area contributed by atoms with Crippen LogP contribution in [0.5, 0.6) is 0 Å². The van der Waals surface area contributed by atoms with Crippen LogP contribution in [0.3, 0.4) is 0 Å². The first-order valence-corrected chi connectivity index (χ1v) is 11.1. The highest BCUT2D eigenvalue weighted by Crippen LogP contribution is 2.24. The molecule has 4 rings (SSSR count). The van der Waals surface area contributed by atoms with Crippen molar-refractivity contribution in [3.05, 3.63) is 84.0 Å². The molecule has 7 heteroatoms. The van der Waals surface area contributed by atoms with Crippen LogP contribution in [0.1, 0.15) is 41.4 Å². The monoisotopic (exact) mass is 445 g/mol. The standard InChI is InChI=1S/C26H28FN5O/c1-3-28-13-12-18(2)25-22-15-19(10-11-24(22)30-31-25)26(33)29-21-8-6-14-32(17-21)16-20-7-4-5-9-23(20)27/h3-5,7,9-13,15,21H,2,6,8,14,16-17H2,1H3,(H,29,33)(H,30,31)/b13-12-,28-3?. The Kier molecular flexibility index (Phi) is 7.10. The van der Waals surface area contributed by atoms with Crippen molar-refractivity contribution in [2.75, 3.05) is 13.1 Å². The summed E-state index contributed by atoms with van der Waals surface area (Å²) < 4.78 is 14.0. The van der Waals surface area contributed by atoms with E-state index in [1.165, 1.54) is 6.07 Å². The Bertz CT molecular complexity index is 1210. The molecule has 0 radical (unpaired) electrons.